The maximum atomic E-state index is 13.7. The van der Waals surface area contributed by atoms with E-state index >= 15 is 0 Å². The summed E-state index contributed by atoms with van der Waals surface area (Å²) < 4.78 is 46.8. The predicted octanol–water partition coefficient (Wildman–Crippen LogP) is 5.55. The highest BCUT2D eigenvalue weighted by Crippen LogP contribution is 2.42. The summed E-state index contributed by atoms with van der Waals surface area (Å²) in [5, 5.41) is 8.92. The van der Waals surface area contributed by atoms with E-state index in [4.69, 9.17) is 9.84 Å². The Bertz CT molecular complexity index is 894. The molecule has 6 heteroatoms. The van der Waals surface area contributed by atoms with Crippen LogP contribution in [0.4, 0.5) is 13.2 Å². The number of hydrogen-bond acceptors (Lipinski definition) is 2. The number of ether oxygens (including phenoxy) is 1. The van der Waals surface area contributed by atoms with Gasteiger partial charge in [0.25, 0.3) is 0 Å². The molecule has 0 radical (unpaired) electrons. The first kappa shape index (κ1) is 19.0. The van der Waals surface area contributed by atoms with Crippen LogP contribution in [0.3, 0.4) is 0 Å². The zero-order valence-electron chi connectivity index (χ0n) is 14.9. The van der Waals surface area contributed by atoms with Crippen LogP contribution in [0.5, 0.6) is 5.75 Å². The van der Waals surface area contributed by atoms with E-state index in [0.29, 0.717) is 12.4 Å². The molecule has 0 saturated heterocycles. The molecule has 0 unspecified atom stereocenters. The fourth-order valence-electron chi connectivity index (χ4n) is 3.12. The Kier molecular flexibility index (Phi) is 4.76. The molecule has 0 aliphatic carbocycles. The average Bonchev–Trinajstić information content (AvgIpc) is 2.59. The van der Waals surface area contributed by atoms with Gasteiger partial charge in [-0.15, -0.1) is 0 Å². The summed E-state index contributed by atoms with van der Waals surface area (Å²) in [6.45, 7) is 4.51. The lowest BCUT2D eigenvalue weighted by Crippen LogP contribution is -2.27. The quantitative estimate of drug-likeness (QED) is 0.715. The van der Waals surface area contributed by atoms with Crippen molar-refractivity contribution >= 4 is 17.6 Å². The lowest BCUT2D eigenvalue weighted by atomic mass is 9.78. The molecule has 142 valence electrons. The molecule has 3 rings (SSSR count). The SMILES string of the molecule is CC1(C)CCOc2ccc(/C(=C\c3ccc(C(=O)O)cc3)C(F)(F)F)cc21. The molecule has 0 bridgehead atoms. The molecule has 0 amide bonds. The number of halogens is 3. The monoisotopic (exact) mass is 376 g/mol. The summed E-state index contributed by atoms with van der Waals surface area (Å²) in [5.74, 6) is -0.513. The van der Waals surface area contributed by atoms with Crippen LogP contribution in [0, 0.1) is 0 Å². The van der Waals surface area contributed by atoms with Gasteiger partial charge in [-0.2, -0.15) is 13.2 Å². The normalized spacial score (nSPS) is 16.4. The van der Waals surface area contributed by atoms with Gasteiger partial charge in [0.1, 0.15) is 5.75 Å². The van der Waals surface area contributed by atoms with Crippen LogP contribution >= 0.6 is 0 Å². The van der Waals surface area contributed by atoms with Gasteiger partial charge in [0.2, 0.25) is 0 Å². The fourth-order valence-corrected chi connectivity index (χ4v) is 3.12. The number of carbonyl (C=O) groups is 1. The van der Waals surface area contributed by atoms with E-state index < -0.39 is 17.7 Å². The van der Waals surface area contributed by atoms with E-state index in [1.165, 1.54) is 30.3 Å². The third-order valence-corrected chi connectivity index (χ3v) is 4.78. The molecule has 2 aromatic rings. The lowest BCUT2D eigenvalue weighted by Gasteiger charge is -2.33. The van der Waals surface area contributed by atoms with E-state index in [-0.39, 0.29) is 22.1 Å². The average molecular weight is 376 g/mol. The molecule has 0 saturated carbocycles. The number of carboxylic acids is 1. The predicted molar refractivity (Wildman–Crippen MR) is 96.9 cm³/mol. The molecule has 1 aliphatic rings. The summed E-state index contributed by atoms with van der Waals surface area (Å²) in [6.07, 6.45) is -2.80. The number of hydrogen-bond donors (Lipinski definition) is 1. The number of fused-ring (bicyclic) bond motifs is 1. The van der Waals surface area contributed by atoms with Crippen LogP contribution in [0.2, 0.25) is 0 Å². The molecule has 0 fully saturated rings. The van der Waals surface area contributed by atoms with E-state index in [0.717, 1.165) is 18.1 Å². The number of allylic oxidation sites excluding steroid dienone is 1. The zero-order valence-corrected chi connectivity index (χ0v) is 14.9. The van der Waals surface area contributed by atoms with Gasteiger partial charge >= 0.3 is 12.1 Å². The second-order valence-corrected chi connectivity index (χ2v) is 7.18. The first-order valence-electron chi connectivity index (χ1n) is 8.48. The van der Waals surface area contributed by atoms with Gasteiger partial charge < -0.3 is 9.84 Å². The number of aromatic carboxylic acids is 1. The van der Waals surface area contributed by atoms with Gasteiger partial charge in [0.05, 0.1) is 17.7 Å². The third-order valence-electron chi connectivity index (χ3n) is 4.78. The maximum Gasteiger partial charge on any atom is 0.417 e. The molecule has 27 heavy (non-hydrogen) atoms. The first-order chi connectivity index (χ1) is 12.6. The minimum Gasteiger partial charge on any atom is -0.493 e. The Hall–Kier alpha value is -2.76. The van der Waals surface area contributed by atoms with Crippen molar-refractivity contribution in [3.8, 4) is 5.75 Å². The van der Waals surface area contributed by atoms with Gasteiger partial charge in [-0.3, -0.25) is 0 Å². The number of carboxylic acid groups (broad SMARTS) is 1. The molecule has 0 aromatic heterocycles. The molecular weight excluding hydrogens is 357 g/mol. The summed E-state index contributed by atoms with van der Waals surface area (Å²) in [6, 6.07) is 9.82. The van der Waals surface area contributed by atoms with Crippen LogP contribution in [0.15, 0.2) is 42.5 Å². The van der Waals surface area contributed by atoms with Crippen LogP contribution in [-0.4, -0.2) is 23.9 Å². The van der Waals surface area contributed by atoms with E-state index in [2.05, 4.69) is 0 Å². The highest BCUT2D eigenvalue weighted by atomic mass is 19.4. The van der Waals surface area contributed by atoms with Gasteiger partial charge in [-0.1, -0.05) is 32.0 Å². The summed E-state index contributed by atoms with van der Waals surface area (Å²) in [4.78, 5) is 10.9. The number of alkyl halides is 3. The molecule has 0 atom stereocenters. The van der Waals surface area contributed by atoms with Gasteiger partial charge in [-0.05, 0) is 53.3 Å². The first-order valence-corrected chi connectivity index (χ1v) is 8.48. The maximum absolute atomic E-state index is 13.7. The molecule has 1 heterocycles. The Morgan fingerprint density at radius 2 is 1.74 bits per heavy atom. The van der Waals surface area contributed by atoms with Crippen molar-refractivity contribution < 1.29 is 27.8 Å². The fraction of sp³-hybridized carbons (Fsp3) is 0.286. The summed E-state index contributed by atoms with van der Waals surface area (Å²) >= 11 is 0. The van der Waals surface area contributed by atoms with Crippen molar-refractivity contribution in [2.75, 3.05) is 6.61 Å². The van der Waals surface area contributed by atoms with Crippen LogP contribution < -0.4 is 4.74 Å². The van der Waals surface area contributed by atoms with Crippen LogP contribution in [0.1, 0.15) is 47.3 Å². The Labute approximate surface area is 155 Å². The topological polar surface area (TPSA) is 46.5 Å². The van der Waals surface area contributed by atoms with E-state index in [1.807, 2.05) is 13.8 Å². The molecule has 1 aliphatic heterocycles. The smallest absolute Gasteiger partial charge is 0.417 e. The highest BCUT2D eigenvalue weighted by Gasteiger charge is 2.36. The van der Waals surface area contributed by atoms with E-state index in [9.17, 15) is 18.0 Å². The van der Waals surface area contributed by atoms with Gasteiger partial charge in [0, 0.05) is 5.56 Å². The Morgan fingerprint density at radius 3 is 2.33 bits per heavy atom. The molecular formula is C21H19F3O3. The van der Waals surface area contributed by atoms with Crippen molar-refractivity contribution in [2.45, 2.75) is 31.9 Å². The Morgan fingerprint density at radius 1 is 1.11 bits per heavy atom. The lowest BCUT2D eigenvalue weighted by molar-refractivity contribution is -0.0683. The Balaban J connectivity index is 2.07. The molecule has 1 N–H and O–H groups in total. The van der Waals surface area contributed by atoms with Gasteiger partial charge in [-0.25, -0.2) is 4.79 Å². The van der Waals surface area contributed by atoms with Gasteiger partial charge in [0.15, 0.2) is 0 Å². The van der Waals surface area contributed by atoms with Crippen molar-refractivity contribution in [3.05, 3.63) is 64.7 Å². The minimum atomic E-state index is -4.56. The molecule has 0 spiro atoms. The van der Waals surface area contributed by atoms with Crippen molar-refractivity contribution in [2.24, 2.45) is 0 Å². The second kappa shape index (κ2) is 6.76. The van der Waals surface area contributed by atoms with Crippen LogP contribution in [0.25, 0.3) is 11.6 Å². The summed E-state index contributed by atoms with van der Waals surface area (Å²) in [7, 11) is 0. The van der Waals surface area contributed by atoms with E-state index in [1.54, 1.807) is 12.1 Å². The van der Waals surface area contributed by atoms with Crippen molar-refractivity contribution in [1.29, 1.82) is 0 Å². The standard InChI is InChI=1S/C21H19F3O3/c1-20(2)9-10-27-18-8-7-15(12-17(18)20)16(21(22,23)24)11-13-3-5-14(6-4-13)19(25)26/h3-8,11-12H,9-10H2,1-2H3,(H,25,26)/b16-11+. The number of rotatable bonds is 3. The second-order valence-electron chi connectivity index (χ2n) is 7.18. The minimum absolute atomic E-state index is 0.0217. The largest absolute Gasteiger partial charge is 0.493 e. The van der Waals surface area contributed by atoms with Crippen LogP contribution in [-0.2, 0) is 5.41 Å². The number of benzene rings is 2. The zero-order chi connectivity index (χ0) is 19.8. The molecule has 3 nitrogen and oxygen atoms in total. The van der Waals surface area contributed by atoms with Crippen molar-refractivity contribution in [1.82, 2.24) is 0 Å². The van der Waals surface area contributed by atoms with Crippen molar-refractivity contribution in [3.63, 3.8) is 0 Å². The highest BCUT2D eigenvalue weighted by molar-refractivity contribution is 5.89. The molecule has 2 aromatic carbocycles. The summed E-state index contributed by atoms with van der Waals surface area (Å²) in [5.41, 5.74) is 0.0529. The third kappa shape index (κ3) is 3.99.